The van der Waals surface area contributed by atoms with E-state index in [0.29, 0.717) is 12.1 Å². The van der Waals surface area contributed by atoms with Crippen LogP contribution in [-0.2, 0) is 17.6 Å². The van der Waals surface area contributed by atoms with E-state index in [9.17, 15) is 4.79 Å². The Kier molecular flexibility index (Phi) is 3.15. The van der Waals surface area contributed by atoms with Gasteiger partial charge in [-0.15, -0.1) is 0 Å². The van der Waals surface area contributed by atoms with Crippen molar-refractivity contribution in [1.82, 2.24) is 9.80 Å². The normalized spacial score (nSPS) is 31.7. The lowest BCUT2D eigenvalue weighted by Gasteiger charge is -2.29. The van der Waals surface area contributed by atoms with E-state index >= 15 is 0 Å². The molecule has 4 heteroatoms. The van der Waals surface area contributed by atoms with Crippen molar-refractivity contribution in [3.05, 3.63) is 35.4 Å². The molecule has 0 aromatic heterocycles. The number of carbonyl (C=O) groups excluding carboxylic acids is 1. The summed E-state index contributed by atoms with van der Waals surface area (Å²) in [5.41, 5.74) is 3.00. The number of likely N-dealkylation sites (tertiary alicyclic amines) is 1. The Labute approximate surface area is 137 Å². The van der Waals surface area contributed by atoms with E-state index in [-0.39, 0.29) is 18.2 Å². The van der Waals surface area contributed by atoms with Gasteiger partial charge in [0.05, 0.1) is 6.04 Å². The van der Waals surface area contributed by atoms with Gasteiger partial charge in [0.2, 0.25) is 0 Å². The molecular formula is C19H24N2O2. The molecule has 2 aliphatic heterocycles. The van der Waals surface area contributed by atoms with Gasteiger partial charge in [-0.1, -0.05) is 37.1 Å². The second-order valence-electron chi connectivity index (χ2n) is 7.62. The lowest BCUT2D eigenvalue weighted by molar-refractivity contribution is 0.106. The molecule has 2 aliphatic carbocycles. The molecule has 0 spiro atoms. The van der Waals surface area contributed by atoms with Crippen LogP contribution in [0.25, 0.3) is 0 Å². The summed E-state index contributed by atoms with van der Waals surface area (Å²) < 4.78 is 5.72. The Morgan fingerprint density at radius 3 is 2.35 bits per heavy atom. The van der Waals surface area contributed by atoms with Gasteiger partial charge < -0.3 is 4.74 Å². The van der Waals surface area contributed by atoms with Gasteiger partial charge in [-0.2, -0.15) is 0 Å². The third kappa shape index (κ3) is 2.18. The zero-order valence-electron chi connectivity index (χ0n) is 13.5. The summed E-state index contributed by atoms with van der Waals surface area (Å²) in [5, 5.41) is 0. The van der Waals surface area contributed by atoms with Crippen LogP contribution in [-0.4, -0.2) is 53.2 Å². The number of ether oxygens (including phenoxy) is 1. The number of nitrogens with zero attached hydrogens (tertiary/aromatic N) is 2. The van der Waals surface area contributed by atoms with Crippen molar-refractivity contribution < 1.29 is 9.53 Å². The van der Waals surface area contributed by atoms with Gasteiger partial charge >= 0.3 is 6.09 Å². The van der Waals surface area contributed by atoms with Crippen LogP contribution in [0.3, 0.4) is 0 Å². The molecule has 4 aliphatic rings. The average molecular weight is 312 g/mol. The number of fused-ring (bicyclic) bond motifs is 2. The molecule has 2 atom stereocenters. The summed E-state index contributed by atoms with van der Waals surface area (Å²) in [7, 11) is 0. The number of hydrogen-bond donors (Lipinski definition) is 0. The minimum atomic E-state index is -0.0544. The van der Waals surface area contributed by atoms with Gasteiger partial charge in [0, 0.05) is 25.2 Å². The summed E-state index contributed by atoms with van der Waals surface area (Å²) >= 11 is 0. The molecule has 23 heavy (non-hydrogen) atoms. The topological polar surface area (TPSA) is 32.8 Å². The fraction of sp³-hybridized carbons (Fsp3) is 0.632. The second kappa shape index (κ2) is 5.23. The molecule has 2 saturated heterocycles. The van der Waals surface area contributed by atoms with E-state index in [1.54, 1.807) is 0 Å². The highest BCUT2D eigenvalue weighted by Gasteiger charge is 2.51. The van der Waals surface area contributed by atoms with Gasteiger partial charge in [0.25, 0.3) is 0 Å². The van der Waals surface area contributed by atoms with E-state index < -0.39 is 0 Å². The minimum Gasteiger partial charge on any atom is -0.442 e. The second-order valence-corrected chi connectivity index (χ2v) is 7.62. The van der Waals surface area contributed by atoms with E-state index in [4.69, 9.17) is 4.74 Å². The van der Waals surface area contributed by atoms with Gasteiger partial charge in [0.1, 0.15) is 6.10 Å². The Morgan fingerprint density at radius 1 is 0.957 bits per heavy atom. The molecule has 1 saturated carbocycles. The number of amides is 1. The molecule has 0 unspecified atom stereocenters. The Bertz CT molecular complexity index is 601. The fourth-order valence-corrected chi connectivity index (χ4v) is 5.19. The van der Waals surface area contributed by atoms with Crippen LogP contribution in [0.1, 0.15) is 36.8 Å². The monoisotopic (exact) mass is 312 g/mol. The Hall–Kier alpha value is -1.55. The highest BCUT2D eigenvalue weighted by molar-refractivity contribution is 5.71. The van der Waals surface area contributed by atoms with Crippen LogP contribution in [0.5, 0.6) is 0 Å². The van der Waals surface area contributed by atoms with E-state index in [2.05, 4.69) is 34.1 Å². The number of carbonyl (C=O) groups is 1. The summed E-state index contributed by atoms with van der Waals surface area (Å²) in [6.07, 6.45) is 7.16. The van der Waals surface area contributed by atoms with Gasteiger partial charge in [-0.25, -0.2) is 4.79 Å². The molecule has 1 amide bonds. The van der Waals surface area contributed by atoms with E-state index in [1.165, 1.54) is 24.0 Å². The molecule has 0 N–H and O–H groups in total. The third-order valence-corrected chi connectivity index (χ3v) is 6.35. The van der Waals surface area contributed by atoms with Crippen molar-refractivity contribution in [1.29, 1.82) is 0 Å². The van der Waals surface area contributed by atoms with Gasteiger partial charge in [0.15, 0.2) is 0 Å². The molecule has 1 aromatic carbocycles. The summed E-state index contributed by atoms with van der Waals surface area (Å²) in [5.74, 6) is 0. The predicted molar refractivity (Wildman–Crippen MR) is 87.4 cm³/mol. The molecule has 1 aromatic rings. The highest BCUT2D eigenvalue weighted by atomic mass is 16.6. The van der Waals surface area contributed by atoms with Crippen molar-refractivity contribution in [3.63, 3.8) is 0 Å². The first-order chi connectivity index (χ1) is 11.3. The minimum absolute atomic E-state index is 0.0544. The predicted octanol–water partition coefficient (Wildman–Crippen LogP) is 2.60. The number of rotatable bonds is 2. The number of benzene rings is 1. The van der Waals surface area contributed by atoms with Crippen LogP contribution in [0, 0.1) is 0 Å². The van der Waals surface area contributed by atoms with Crippen molar-refractivity contribution in [2.24, 2.45) is 0 Å². The lowest BCUT2D eigenvalue weighted by Crippen LogP contribution is -2.45. The standard InChI is InChI=1S/C19H24N2O2/c22-19-21(15-7-3-4-8-15)17-11-20(12-18(17)23-19)16-9-13-5-1-2-6-14(13)10-16/h1-2,5-6,15-18H,3-4,7-12H2/t17-,18+/m0/s1. The zero-order chi connectivity index (χ0) is 15.4. The zero-order valence-corrected chi connectivity index (χ0v) is 13.5. The molecule has 0 radical (unpaired) electrons. The quantitative estimate of drug-likeness (QED) is 0.841. The maximum atomic E-state index is 12.3. The van der Waals surface area contributed by atoms with Gasteiger partial charge in [-0.05, 0) is 36.8 Å². The smallest absolute Gasteiger partial charge is 0.410 e. The first-order valence-electron chi connectivity index (χ1n) is 9.09. The van der Waals surface area contributed by atoms with Crippen LogP contribution >= 0.6 is 0 Å². The molecule has 3 fully saturated rings. The SMILES string of the molecule is O=C1O[C@@H]2CN(C3Cc4ccccc4C3)C[C@@H]2N1C1CCCC1. The van der Waals surface area contributed by atoms with E-state index in [0.717, 1.165) is 38.8 Å². The van der Waals surface area contributed by atoms with Crippen LogP contribution in [0.15, 0.2) is 24.3 Å². The maximum absolute atomic E-state index is 12.3. The van der Waals surface area contributed by atoms with Crippen molar-refractivity contribution in [3.8, 4) is 0 Å². The van der Waals surface area contributed by atoms with Gasteiger partial charge in [-0.3, -0.25) is 9.80 Å². The summed E-state index contributed by atoms with van der Waals surface area (Å²) in [6, 6.07) is 10.1. The van der Waals surface area contributed by atoms with Crippen LogP contribution in [0.4, 0.5) is 4.79 Å². The first-order valence-corrected chi connectivity index (χ1v) is 9.09. The molecule has 2 heterocycles. The Balaban J connectivity index is 1.31. The average Bonchev–Trinajstić information content (AvgIpc) is 3.28. The molecular weight excluding hydrogens is 288 g/mol. The largest absolute Gasteiger partial charge is 0.442 e. The fourth-order valence-electron chi connectivity index (χ4n) is 5.19. The van der Waals surface area contributed by atoms with Crippen LogP contribution < -0.4 is 0 Å². The first kappa shape index (κ1) is 13.8. The summed E-state index contributed by atoms with van der Waals surface area (Å²) in [4.78, 5) is 16.9. The summed E-state index contributed by atoms with van der Waals surface area (Å²) in [6.45, 7) is 1.91. The molecule has 4 nitrogen and oxygen atoms in total. The maximum Gasteiger partial charge on any atom is 0.410 e. The lowest BCUT2D eigenvalue weighted by atomic mass is 10.1. The van der Waals surface area contributed by atoms with Crippen molar-refractivity contribution in [2.75, 3.05) is 13.1 Å². The van der Waals surface area contributed by atoms with Crippen molar-refractivity contribution in [2.45, 2.75) is 62.8 Å². The third-order valence-electron chi connectivity index (χ3n) is 6.35. The van der Waals surface area contributed by atoms with Crippen molar-refractivity contribution >= 4 is 6.09 Å². The molecule has 122 valence electrons. The molecule has 5 rings (SSSR count). The molecule has 0 bridgehead atoms. The highest BCUT2D eigenvalue weighted by Crippen LogP contribution is 2.36. The van der Waals surface area contributed by atoms with Crippen LogP contribution in [0.2, 0.25) is 0 Å². The van der Waals surface area contributed by atoms with E-state index in [1.807, 2.05) is 0 Å². The Morgan fingerprint density at radius 2 is 1.65 bits per heavy atom. The number of hydrogen-bond acceptors (Lipinski definition) is 3.